The third-order valence-electron chi connectivity index (χ3n) is 4.13. The number of nitrogens with one attached hydrogen (secondary N) is 1. The van der Waals surface area contributed by atoms with Gasteiger partial charge in [-0.1, -0.05) is 31.5 Å². The Bertz CT molecular complexity index is 701. The maximum atomic E-state index is 6.28. The van der Waals surface area contributed by atoms with Gasteiger partial charge in [0.25, 0.3) is 0 Å². The summed E-state index contributed by atoms with van der Waals surface area (Å²) in [6, 6.07) is 4.28. The van der Waals surface area contributed by atoms with E-state index in [0.717, 1.165) is 29.7 Å². The van der Waals surface area contributed by atoms with E-state index in [9.17, 15) is 0 Å². The molecule has 1 aromatic heterocycles. The summed E-state index contributed by atoms with van der Waals surface area (Å²) in [7, 11) is 0. The fourth-order valence-electron chi connectivity index (χ4n) is 2.85. The fourth-order valence-corrected chi connectivity index (χ4v) is 2.85. The van der Waals surface area contributed by atoms with Crippen LogP contribution in [0.5, 0.6) is 5.88 Å². The monoisotopic (exact) mass is 328 g/mol. The molecule has 5 nitrogen and oxygen atoms in total. The van der Waals surface area contributed by atoms with E-state index in [1.54, 1.807) is 0 Å². The number of nitrogens with two attached hydrogens (primary N) is 1. The van der Waals surface area contributed by atoms with Gasteiger partial charge in [-0.25, -0.2) is 4.98 Å². The molecule has 2 rings (SSSR count). The maximum Gasteiger partial charge on any atom is 0.243 e. The first-order valence-corrected chi connectivity index (χ1v) is 8.51. The zero-order valence-corrected chi connectivity index (χ0v) is 15.5. The molecule has 0 bridgehead atoms. The Morgan fingerprint density at radius 3 is 2.17 bits per heavy atom. The molecule has 0 aliphatic heterocycles. The van der Waals surface area contributed by atoms with Crippen LogP contribution in [0.2, 0.25) is 0 Å². The second-order valence-electron chi connectivity index (χ2n) is 6.29. The third kappa shape index (κ3) is 3.96. The highest BCUT2D eigenvalue weighted by molar-refractivity contribution is 5.75. The molecule has 24 heavy (non-hydrogen) atoms. The highest BCUT2D eigenvalue weighted by Crippen LogP contribution is 2.32. The van der Waals surface area contributed by atoms with Crippen LogP contribution >= 0.6 is 0 Å². The molecule has 1 aromatic carbocycles. The summed E-state index contributed by atoms with van der Waals surface area (Å²) >= 11 is 0. The molecular formula is C19H28N4O. The zero-order chi connectivity index (χ0) is 17.9. The minimum absolute atomic E-state index is 0.109. The Hall–Kier alpha value is -2.30. The number of hydrogen-bond acceptors (Lipinski definition) is 5. The highest BCUT2D eigenvalue weighted by atomic mass is 16.5. The second kappa shape index (κ2) is 7.51. The van der Waals surface area contributed by atoms with E-state index in [-0.39, 0.29) is 6.10 Å². The van der Waals surface area contributed by atoms with Crippen molar-refractivity contribution in [2.75, 3.05) is 11.1 Å². The first kappa shape index (κ1) is 18.0. The molecule has 0 spiro atoms. The van der Waals surface area contributed by atoms with E-state index in [0.29, 0.717) is 23.2 Å². The number of benzene rings is 1. The fraction of sp³-hybridized carbons (Fsp3) is 0.474. The van der Waals surface area contributed by atoms with Gasteiger partial charge in [0.2, 0.25) is 5.88 Å². The highest BCUT2D eigenvalue weighted by Gasteiger charge is 2.16. The van der Waals surface area contributed by atoms with E-state index in [4.69, 9.17) is 10.5 Å². The first-order valence-electron chi connectivity index (χ1n) is 8.51. The Kier molecular flexibility index (Phi) is 5.65. The lowest BCUT2D eigenvalue weighted by Gasteiger charge is -2.19. The van der Waals surface area contributed by atoms with Crippen LogP contribution in [0.3, 0.4) is 0 Å². The van der Waals surface area contributed by atoms with Crippen LogP contribution in [0.1, 0.15) is 49.2 Å². The summed E-state index contributed by atoms with van der Waals surface area (Å²) in [6.45, 7) is 12.3. The smallest absolute Gasteiger partial charge is 0.243 e. The van der Waals surface area contributed by atoms with Crippen molar-refractivity contribution in [2.45, 2.75) is 60.5 Å². The molecule has 5 heteroatoms. The number of aromatic nitrogens is 2. The van der Waals surface area contributed by atoms with Crippen molar-refractivity contribution in [3.63, 3.8) is 0 Å². The van der Waals surface area contributed by atoms with Crippen LogP contribution in [0.25, 0.3) is 0 Å². The molecule has 0 unspecified atom stereocenters. The number of anilines is 3. The molecule has 1 heterocycles. The number of rotatable bonds is 6. The normalized spacial score (nSPS) is 11.0. The van der Waals surface area contributed by atoms with Crippen molar-refractivity contribution >= 4 is 17.2 Å². The maximum absolute atomic E-state index is 6.28. The summed E-state index contributed by atoms with van der Waals surface area (Å²) < 4.78 is 5.97. The Labute approximate surface area is 144 Å². The Morgan fingerprint density at radius 2 is 1.62 bits per heavy atom. The summed E-state index contributed by atoms with van der Waals surface area (Å²) in [5.41, 5.74) is 11.3. The van der Waals surface area contributed by atoms with Gasteiger partial charge in [-0.15, -0.1) is 0 Å². The topological polar surface area (TPSA) is 73.1 Å². The number of nitrogens with zero attached hydrogens (tertiary/aromatic N) is 2. The van der Waals surface area contributed by atoms with Crippen molar-refractivity contribution in [3.8, 4) is 5.88 Å². The van der Waals surface area contributed by atoms with Gasteiger partial charge in [-0.3, -0.25) is 0 Å². The van der Waals surface area contributed by atoms with Gasteiger partial charge in [0, 0.05) is 5.69 Å². The number of nitrogen functional groups attached to an aromatic ring is 1. The van der Waals surface area contributed by atoms with Gasteiger partial charge in [0.15, 0.2) is 5.82 Å². The van der Waals surface area contributed by atoms with Crippen LogP contribution in [-0.4, -0.2) is 16.1 Å². The van der Waals surface area contributed by atoms with Crippen molar-refractivity contribution < 1.29 is 4.74 Å². The SMILES string of the molecule is CCC(CC)Oc1nc(C)nc(Nc2c(C)cc(C)cc2C)c1N. The van der Waals surface area contributed by atoms with Crippen LogP contribution in [0.15, 0.2) is 12.1 Å². The lowest BCUT2D eigenvalue weighted by Crippen LogP contribution is -2.17. The van der Waals surface area contributed by atoms with E-state index >= 15 is 0 Å². The predicted octanol–water partition coefficient (Wildman–Crippen LogP) is 4.60. The molecule has 0 amide bonds. The summed E-state index contributed by atoms with van der Waals surface area (Å²) in [6.07, 6.45) is 1.94. The van der Waals surface area contributed by atoms with Gasteiger partial charge in [-0.2, -0.15) is 4.98 Å². The molecule has 0 aliphatic carbocycles. The van der Waals surface area contributed by atoms with Crippen LogP contribution in [0.4, 0.5) is 17.2 Å². The van der Waals surface area contributed by atoms with E-state index in [2.05, 4.69) is 62.0 Å². The van der Waals surface area contributed by atoms with E-state index in [1.807, 2.05) is 6.92 Å². The summed E-state index contributed by atoms with van der Waals surface area (Å²) in [5.74, 6) is 1.69. The van der Waals surface area contributed by atoms with Gasteiger partial charge in [-0.05, 0) is 51.7 Å². The number of aryl methyl sites for hydroxylation is 4. The molecule has 0 radical (unpaired) electrons. The average Bonchev–Trinajstić information content (AvgIpc) is 2.52. The van der Waals surface area contributed by atoms with Gasteiger partial charge in [0.1, 0.15) is 17.6 Å². The molecular weight excluding hydrogens is 300 g/mol. The van der Waals surface area contributed by atoms with Crippen LogP contribution in [0, 0.1) is 27.7 Å². The van der Waals surface area contributed by atoms with Gasteiger partial charge >= 0.3 is 0 Å². The van der Waals surface area contributed by atoms with Gasteiger partial charge < -0.3 is 15.8 Å². The minimum Gasteiger partial charge on any atom is -0.473 e. The van der Waals surface area contributed by atoms with Crippen molar-refractivity contribution in [1.29, 1.82) is 0 Å². The quantitative estimate of drug-likeness (QED) is 0.810. The standard InChI is InChI=1S/C19H28N4O/c1-7-15(8-2)24-19-16(20)18(21-14(6)22-19)23-17-12(4)9-11(3)10-13(17)5/h9-10,15H,7-8,20H2,1-6H3,(H,21,22,23). The lowest BCUT2D eigenvalue weighted by molar-refractivity contribution is 0.186. The first-order chi connectivity index (χ1) is 11.3. The lowest BCUT2D eigenvalue weighted by atomic mass is 10.1. The van der Waals surface area contributed by atoms with Crippen molar-refractivity contribution in [3.05, 3.63) is 34.6 Å². The Morgan fingerprint density at radius 1 is 1.04 bits per heavy atom. The van der Waals surface area contributed by atoms with E-state index in [1.165, 1.54) is 5.56 Å². The molecule has 0 aliphatic rings. The average molecular weight is 328 g/mol. The summed E-state index contributed by atoms with van der Waals surface area (Å²) in [4.78, 5) is 8.84. The number of ether oxygens (including phenoxy) is 1. The molecule has 0 saturated heterocycles. The van der Waals surface area contributed by atoms with Gasteiger partial charge in [0.05, 0.1) is 0 Å². The van der Waals surface area contributed by atoms with Crippen LogP contribution < -0.4 is 15.8 Å². The molecule has 0 fully saturated rings. The molecule has 0 saturated carbocycles. The van der Waals surface area contributed by atoms with Crippen molar-refractivity contribution in [1.82, 2.24) is 9.97 Å². The minimum atomic E-state index is 0.109. The largest absolute Gasteiger partial charge is 0.473 e. The third-order valence-corrected chi connectivity index (χ3v) is 4.13. The zero-order valence-electron chi connectivity index (χ0n) is 15.5. The molecule has 130 valence electrons. The van der Waals surface area contributed by atoms with E-state index < -0.39 is 0 Å². The number of hydrogen-bond donors (Lipinski definition) is 2. The molecule has 3 N–H and O–H groups in total. The Balaban J connectivity index is 2.39. The van der Waals surface area contributed by atoms with Crippen molar-refractivity contribution in [2.24, 2.45) is 0 Å². The molecule has 0 atom stereocenters. The second-order valence-corrected chi connectivity index (χ2v) is 6.29. The van der Waals surface area contributed by atoms with Crippen LogP contribution in [-0.2, 0) is 0 Å². The molecule has 2 aromatic rings. The summed E-state index contributed by atoms with van der Waals surface area (Å²) in [5, 5.41) is 3.37. The predicted molar refractivity (Wildman–Crippen MR) is 100 cm³/mol.